The first kappa shape index (κ1) is 18.4. The number of aryl methyl sites for hydroxylation is 1. The van der Waals surface area contributed by atoms with Gasteiger partial charge in [0.25, 0.3) is 0 Å². The molecule has 0 bridgehead atoms. The molecular formula is C21H27O3P. The Balaban J connectivity index is 1.44. The van der Waals surface area contributed by atoms with E-state index in [1.165, 1.54) is 19.9 Å². The average molecular weight is 358 g/mol. The van der Waals surface area contributed by atoms with E-state index in [9.17, 15) is 4.79 Å². The zero-order valence-electron chi connectivity index (χ0n) is 14.9. The largest absolute Gasteiger partial charge is 0.459 e. The molecule has 0 N–H and O–H groups in total. The van der Waals surface area contributed by atoms with Crippen molar-refractivity contribution in [2.24, 2.45) is 0 Å². The molecule has 0 spiro atoms. The number of benzene rings is 1. The molecule has 2 unspecified atom stereocenters. The third-order valence-electron chi connectivity index (χ3n) is 4.82. The third-order valence-corrected chi connectivity index (χ3v) is 5.91. The summed E-state index contributed by atoms with van der Waals surface area (Å²) < 4.78 is 11.8. The number of allylic oxidation sites excluding steroid dienone is 1. The minimum absolute atomic E-state index is 0.0164. The van der Waals surface area contributed by atoms with Gasteiger partial charge in [0, 0.05) is 5.31 Å². The molecule has 3 rings (SSSR count). The number of esters is 1. The highest BCUT2D eigenvalue weighted by Crippen LogP contribution is 2.26. The Morgan fingerprint density at radius 1 is 1.08 bits per heavy atom. The minimum Gasteiger partial charge on any atom is -0.459 e. The van der Waals surface area contributed by atoms with Gasteiger partial charge in [0.15, 0.2) is 0 Å². The summed E-state index contributed by atoms with van der Waals surface area (Å²) in [5, 5.41) is 1.39. The Kier molecular flexibility index (Phi) is 6.84. The second-order valence-corrected chi connectivity index (χ2v) is 8.12. The van der Waals surface area contributed by atoms with E-state index in [0.717, 1.165) is 50.7 Å². The van der Waals surface area contributed by atoms with Gasteiger partial charge < -0.3 is 9.47 Å². The topological polar surface area (TPSA) is 35.5 Å². The van der Waals surface area contributed by atoms with Gasteiger partial charge in [0.1, 0.15) is 6.10 Å². The van der Waals surface area contributed by atoms with E-state index in [1.54, 1.807) is 0 Å². The smallest absolute Gasteiger partial charge is 0.338 e. The van der Waals surface area contributed by atoms with Gasteiger partial charge in [-0.15, -0.1) is 0 Å². The summed E-state index contributed by atoms with van der Waals surface area (Å²) in [5.74, 6) is 2.11. The van der Waals surface area contributed by atoms with Crippen molar-refractivity contribution in [2.45, 2.75) is 64.1 Å². The molecule has 25 heavy (non-hydrogen) atoms. The molecule has 1 aliphatic heterocycles. The van der Waals surface area contributed by atoms with Gasteiger partial charge in [-0.25, -0.2) is 4.79 Å². The number of hydrogen-bond acceptors (Lipinski definition) is 3. The molecule has 1 fully saturated rings. The van der Waals surface area contributed by atoms with E-state index >= 15 is 0 Å². The van der Waals surface area contributed by atoms with Crippen LogP contribution < -0.4 is 0 Å². The number of carbonyl (C=O) groups excluding carboxylic acids is 1. The van der Waals surface area contributed by atoms with E-state index in [1.807, 2.05) is 31.2 Å². The quantitative estimate of drug-likeness (QED) is 0.407. The highest BCUT2D eigenvalue weighted by atomic mass is 31.1. The number of ether oxygens (including phenoxy) is 2. The van der Waals surface area contributed by atoms with Gasteiger partial charge >= 0.3 is 5.97 Å². The van der Waals surface area contributed by atoms with Crippen LogP contribution in [0.2, 0.25) is 0 Å². The summed E-state index contributed by atoms with van der Waals surface area (Å²) in [4.78, 5) is 12.3. The lowest BCUT2D eigenvalue weighted by atomic mass is 10.1. The van der Waals surface area contributed by atoms with Gasteiger partial charge in [0.2, 0.25) is 0 Å². The lowest BCUT2D eigenvalue weighted by Gasteiger charge is -2.17. The first-order chi connectivity index (χ1) is 12.2. The fourth-order valence-corrected chi connectivity index (χ4v) is 4.18. The summed E-state index contributed by atoms with van der Waals surface area (Å²) >= 11 is 0. The Labute approximate surface area is 152 Å². The Morgan fingerprint density at radius 2 is 1.84 bits per heavy atom. The van der Waals surface area contributed by atoms with Crippen molar-refractivity contribution < 1.29 is 14.3 Å². The van der Waals surface area contributed by atoms with E-state index < -0.39 is 0 Å². The first-order valence-electron chi connectivity index (χ1n) is 9.31. The number of hydrogen-bond donors (Lipinski definition) is 0. The highest BCUT2D eigenvalue weighted by Gasteiger charge is 2.22. The second kappa shape index (κ2) is 9.31. The molecule has 0 saturated heterocycles. The lowest BCUT2D eigenvalue weighted by molar-refractivity contribution is 0.0232. The van der Waals surface area contributed by atoms with Crippen LogP contribution in [0, 0.1) is 6.92 Å². The van der Waals surface area contributed by atoms with Crippen LogP contribution in [0.4, 0.5) is 0 Å². The van der Waals surface area contributed by atoms with E-state index in [4.69, 9.17) is 9.47 Å². The van der Waals surface area contributed by atoms with Crippen LogP contribution in [-0.4, -0.2) is 30.6 Å². The van der Waals surface area contributed by atoms with E-state index in [-0.39, 0.29) is 12.1 Å². The van der Waals surface area contributed by atoms with Crippen molar-refractivity contribution in [1.82, 2.24) is 0 Å². The van der Waals surface area contributed by atoms with Crippen LogP contribution in [0.3, 0.4) is 0 Å². The normalized spacial score (nSPS) is 24.3. The lowest BCUT2D eigenvalue weighted by Crippen LogP contribution is -2.18. The molecule has 2 atom stereocenters. The first-order valence-corrected chi connectivity index (χ1v) is 10.3. The maximum Gasteiger partial charge on any atom is 0.338 e. The van der Waals surface area contributed by atoms with Crippen LogP contribution in [0.1, 0.15) is 60.9 Å². The van der Waals surface area contributed by atoms with Crippen molar-refractivity contribution in [3.63, 3.8) is 0 Å². The summed E-state index contributed by atoms with van der Waals surface area (Å²) in [7, 11) is 1.32. The summed E-state index contributed by atoms with van der Waals surface area (Å²) in [6.07, 6.45) is 9.87. The van der Waals surface area contributed by atoms with Gasteiger partial charge in [-0.3, -0.25) is 0 Å². The van der Waals surface area contributed by atoms with Crippen LogP contribution in [0.5, 0.6) is 0 Å². The predicted molar refractivity (Wildman–Crippen MR) is 104 cm³/mol. The van der Waals surface area contributed by atoms with E-state index in [0.29, 0.717) is 11.7 Å². The fraction of sp³-hybridized carbons (Fsp3) is 0.524. The average Bonchev–Trinajstić information content (AvgIpc) is 2.86. The molecule has 1 aliphatic carbocycles. The van der Waals surface area contributed by atoms with Crippen molar-refractivity contribution in [2.75, 3.05) is 6.61 Å². The predicted octanol–water partition coefficient (Wildman–Crippen LogP) is 5.30. The molecule has 0 amide bonds. The van der Waals surface area contributed by atoms with Crippen molar-refractivity contribution in [1.29, 1.82) is 0 Å². The number of carbonyl (C=O) groups is 1. The molecule has 1 heterocycles. The summed E-state index contributed by atoms with van der Waals surface area (Å²) in [6, 6.07) is 7.58. The van der Waals surface area contributed by atoms with Crippen LogP contribution in [-0.2, 0) is 9.47 Å². The zero-order valence-corrected chi connectivity index (χ0v) is 15.8. The monoisotopic (exact) mass is 358 g/mol. The maximum atomic E-state index is 12.3. The standard InChI is InChI=1S/C21H27O3P/c1-16-8-10-17(11-9-16)21(22)24-19-6-4-5-18(12-13-19)23-15-20-7-2-3-14-25-20/h7-11,14,18-19H,2-6,12-13,15H2,1H3. The molecule has 0 aromatic heterocycles. The molecule has 1 saturated carbocycles. The molecule has 4 heteroatoms. The summed E-state index contributed by atoms with van der Waals surface area (Å²) in [5.41, 5.74) is 1.79. The Hall–Kier alpha value is -1.44. The molecule has 134 valence electrons. The third kappa shape index (κ3) is 5.80. The van der Waals surface area contributed by atoms with E-state index in [2.05, 4.69) is 11.9 Å². The molecule has 1 aromatic carbocycles. The van der Waals surface area contributed by atoms with Gasteiger partial charge in [-0.2, -0.15) is 0 Å². The Morgan fingerprint density at radius 3 is 2.60 bits per heavy atom. The number of rotatable bonds is 5. The molecule has 0 radical (unpaired) electrons. The van der Waals surface area contributed by atoms with Gasteiger partial charge in [-0.05, 0) is 64.0 Å². The zero-order chi connectivity index (χ0) is 17.5. The van der Waals surface area contributed by atoms with Crippen molar-refractivity contribution in [3.8, 4) is 0 Å². The summed E-state index contributed by atoms with van der Waals surface area (Å²) in [6.45, 7) is 2.76. The minimum atomic E-state index is -0.203. The SMILES string of the molecule is Cc1ccc(C(=O)OC2CCCC(OCC3=CCCC=P3)CC2)cc1. The molecular weight excluding hydrogens is 331 g/mol. The Bertz CT molecular complexity index is 633. The fourth-order valence-electron chi connectivity index (χ4n) is 3.29. The van der Waals surface area contributed by atoms with Crippen molar-refractivity contribution >= 4 is 20.0 Å². The van der Waals surface area contributed by atoms with Gasteiger partial charge in [0.05, 0.1) is 18.3 Å². The van der Waals surface area contributed by atoms with Crippen molar-refractivity contribution in [3.05, 3.63) is 46.8 Å². The highest BCUT2D eigenvalue weighted by molar-refractivity contribution is 7.43. The van der Waals surface area contributed by atoms with Gasteiger partial charge in [-0.1, -0.05) is 37.8 Å². The van der Waals surface area contributed by atoms with Crippen LogP contribution in [0.25, 0.3) is 0 Å². The molecule has 3 nitrogen and oxygen atoms in total. The maximum absolute atomic E-state index is 12.3. The van der Waals surface area contributed by atoms with Crippen LogP contribution >= 0.6 is 8.20 Å². The van der Waals surface area contributed by atoms with Crippen LogP contribution in [0.15, 0.2) is 35.7 Å². The molecule has 1 aromatic rings. The second-order valence-electron chi connectivity index (χ2n) is 6.92. The molecule has 2 aliphatic rings.